The second-order valence-corrected chi connectivity index (χ2v) is 5.00. The average Bonchev–Trinajstić information content (AvgIpc) is 3.08. The van der Waals surface area contributed by atoms with Gasteiger partial charge in [0.2, 0.25) is 0 Å². The van der Waals surface area contributed by atoms with Crippen molar-refractivity contribution in [2.45, 2.75) is 37.8 Å². The minimum Gasteiger partial charge on any atom is -0.396 e. The van der Waals surface area contributed by atoms with Crippen LogP contribution in [0.4, 0.5) is 9.18 Å². The van der Waals surface area contributed by atoms with Crippen molar-refractivity contribution in [1.29, 1.82) is 0 Å². The number of rotatable bonds is 5. The number of carbonyl (C=O) groups is 1. The number of halogens is 1. The Hall–Kier alpha value is -1.62. The lowest BCUT2D eigenvalue weighted by Gasteiger charge is -2.13. The van der Waals surface area contributed by atoms with E-state index < -0.39 is 0 Å². The van der Waals surface area contributed by atoms with Gasteiger partial charge in [-0.2, -0.15) is 0 Å². The molecule has 2 unspecified atom stereocenters. The average molecular weight is 266 g/mol. The summed E-state index contributed by atoms with van der Waals surface area (Å²) in [6.07, 6.45) is 1.29. The molecule has 1 aliphatic rings. The number of hydrogen-bond acceptors (Lipinski definition) is 2. The summed E-state index contributed by atoms with van der Waals surface area (Å²) in [5.41, 5.74) is 0.663. The second-order valence-electron chi connectivity index (χ2n) is 5.00. The lowest BCUT2D eigenvalue weighted by molar-refractivity contribution is 0.230. The van der Waals surface area contributed by atoms with Crippen molar-refractivity contribution in [3.63, 3.8) is 0 Å². The molecule has 2 amide bonds. The summed E-state index contributed by atoms with van der Waals surface area (Å²) in [4.78, 5) is 11.6. The summed E-state index contributed by atoms with van der Waals surface area (Å²) in [6, 6.07) is 6.32. The number of benzene rings is 1. The largest absolute Gasteiger partial charge is 0.396 e. The van der Waals surface area contributed by atoms with Crippen LogP contribution in [0, 0.1) is 5.82 Å². The van der Waals surface area contributed by atoms with Gasteiger partial charge in [0.15, 0.2) is 0 Å². The van der Waals surface area contributed by atoms with E-state index >= 15 is 0 Å². The first-order valence-corrected chi connectivity index (χ1v) is 6.54. The molecular weight excluding hydrogens is 247 g/mol. The quantitative estimate of drug-likeness (QED) is 0.760. The maximum Gasteiger partial charge on any atom is 0.315 e. The van der Waals surface area contributed by atoms with Crippen LogP contribution in [0.15, 0.2) is 24.3 Å². The van der Waals surface area contributed by atoms with E-state index in [1.807, 2.05) is 6.92 Å². The lowest BCUT2D eigenvalue weighted by Crippen LogP contribution is -2.42. The van der Waals surface area contributed by atoms with Gasteiger partial charge < -0.3 is 15.7 Å². The fourth-order valence-corrected chi connectivity index (χ4v) is 2.17. The highest BCUT2D eigenvalue weighted by Crippen LogP contribution is 2.41. The predicted octanol–water partition coefficient (Wildman–Crippen LogP) is 1.75. The van der Waals surface area contributed by atoms with Crippen molar-refractivity contribution >= 4 is 6.03 Å². The number of amides is 2. The molecule has 1 saturated carbocycles. The molecule has 0 saturated heterocycles. The Labute approximate surface area is 112 Å². The van der Waals surface area contributed by atoms with Gasteiger partial charge in [-0.1, -0.05) is 18.2 Å². The van der Waals surface area contributed by atoms with E-state index in [9.17, 15) is 9.18 Å². The van der Waals surface area contributed by atoms with Gasteiger partial charge in [-0.3, -0.25) is 0 Å². The molecule has 0 aliphatic heterocycles. The van der Waals surface area contributed by atoms with Crippen molar-refractivity contribution in [3.8, 4) is 0 Å². The van der Waals surface area contributed by atoms with E-state index in [2.05, 4.69) is 10.6 Å². The van der Waals surface area contributed by atoms with Crippen molar-refractivity contribution in [1.82, 2.24) is 10.6 Å². The Kier molecular flexibility index (Phi) is 4.37. The molecule has 0 radical (unpaired) electrons. The molecule has 0 spiro atoms. The van der Waals surface area contributed by atoms with E-state index in [0.717, 1.165) is 6.42 Å². The Bertz CT molecular complexity index is 453. The molecule has 3 N–H and O–H groups in total. The number of hydrogen-bond donors (Lipinski definition) is 3. The lowest BCUT2D eigenvalue weighted by atomic mass is 10.1. The predicted molar refractivity (Wildman–Crippen MR) is 70.4 cm³/mol. The summed E-state index contributed by atoms with van der Waals surface area (Å²) >= 11 is 0. The van der Waals surface area contributed by atoms with Gasteiger partial charge in [0.25, 0.3) is 0 Å². The molecule has 19 heavy (non-hydrogen) atoms. The second kappa shape index (κ2) is 6.02. The normalized spacial score (nSPS) is 22.7. The topological polar surface area (TPSA) is 61.4 Å². The smallest absolute Gasteiger partial charge is 0.315 e. The Morgan fingerprint density at radius 3 is 2.95 bits per heavy atom. The molecule has 4 nitrogen and oxygen atoms in total. The van der Waals surface area contributed by atoms with E-state index in [1.165, 1.54) is 6.07 Å². The van der Waals surface area contributed by atoms with Gasteiger partial charge in [0.05, 0.1) is 0 Å². The molecule has 0 aromatic heterocycles. The molecule has 3 atom stereocenters. The molecular formula is C14H19FN2O2. The number of aliphatic hydroxyl groups excluding tert-OH is 1. The van der Waals surface area contributed by atoms with Crippen LogP contribution in [0.2, 0.25) is 0 Å². The summed E-state index contributed by atoms with van der Waals surface area (Å²) in [5.74, 6) is -0.147. The van der Waals surface area contributed by atoms with Crippen LogP contribution in [0.5, 0.6) is 0 Å². The van der Waals surface area contributed by atoms with Crippen LogP contribution in [0.25, 0.3) is 0 Å². The number of nitrogens with one attached hydrogen (secondary N) is 2. The fourth-order valence-electron chi connectivity index (χ4n) is 2.17. The monoisotopic (exact) mass is 266 g/mol. The molecule has 0 bridgehead atoms. The summed E-state index contributed by atoms with van der Waals surface area (Å²) in [5, 5.41) is 14.3. The first kappa shape index (κ1) is 13.8. The van der Waals surface area contributed by atoms with Gasteiger partial charge in [-0.05, 0) is 31.4 Å². The summed E-state index contributed by atoms with van der Waals surface area (Å²) < 4.78 is 13.5. The van der Waals surface area contributed by atoms with Gasteiger partial charge in [0.1, 0.15) is 5.82 Å². The Balaban J connectivity index is 1.81. The number of urea groups is 1. The Morgan fingerprint density at radius 2 is 2.26 bits per heavy atom. The third kappa shape index (κ3) is 3.67. The Morgan fingerprint density at radius 1 is 1.53 bits per heavy atom. The third-order valence-corrected chi connectivity index (χ3v) is 3.35. The zero-order chi connectivity index (χ0) is 13.8. The van der Waals surface area contributed by atoms with Crippen molar-refractivity contribution in [2.75, 3.05) is 6.61 Å². The van der Waals surface area contributed by atoms with Crippen LogP contribution < -0.4 is 10.6 Å². The van der Waals surface area contributed by atoms with Crippen LogP contribution in [0.1, 0.15) is 31.2 Å². The highest BCUT2D eigenvalue weighted by Gasteiger charge is 2.40. The van der Waals surface area contributed by atoms with Crippen LogP contribution in [-0.2, 0) is 0 Å². The van der Waals surface area contributed by atoms with Gasteiger partial charge in [0, 0.05) is 24.6 Å². The number of aliphatic hydroxyl groups is 1. The van der Waals surface area contributed by atoms with E-state index in [0.29, 0.717) is 12.0 Å². The van der Waals surface area contributed by atoms with Crippen LogP contribution >= 0.6 is 0 Å². The maximum absolute atomic E-state index is 13.5. The summed E-state index contributed by atoms with van der Waals surface area (Å²) in [7, 11) is 0. The highest BCUT2D eigenvalue weighted by atomic mass is 19.1. The van der Waals surface area contributed by atoms with Gasteiger partial charge >= 0.3 is 6.03 Å². The van der Waals surface area contributed by atoms with Gasteiger partial charge in [-0.15, -0.1) is 0 Å². The van der Waals surface area contributed by atoms with Crippen molar-refractivity contribution in [2.24, 2.45) is 0 Å². The third-order valence-electron chi connectivity index (χ3n) is 3.35. The minimum atomic E-state index is -0.259. The molecule has 1 aromatic carbocycles. The van der Waals surface area contributed by atoms with E-state index in [4.69, 9.17) is 5.11 Å². The first-order valence-electron chi connectivity index (χ1n) is 6.54. The maximum atomic E-state index is 13.5. The zero-order valence-electron chi connectivity index (χ0n) is 10.9. The van der Waals surface area contributed by atoms with Crippen molar-refractivity contribution < 1.29 is 14.3 Å². The summed E-state index contributed by atoms with van der Waals surface area (Å²) in [6.45, 7) is 1.87. The molecule has 5 heteroatoms. The van der Waals surface area contributed by atoms with Crippen molar-refractivity contribution in [3.05, 3.63) is 35.6 Å². The van der Waals surface area contributed by atoms with E-state index in [-0.39, 0.29) is 36.5 Å². The molecule has 1 aromatic rings. The minimum absolute atomic E-state index is 0.00164. The molecule has 1 aliphatic carbocycles. The molecule has 2 rings (SSSR count). The van der Waals surface area contributed by atoms with Crippen LogP contribution in [0.3, 0.4) is 0 Å². The molecule has 0 heterocycles. The first-order chi connectivity index (χ1) is 9.11. The van der Waals surface area contributed by atoms with Crippen LogP contribution in [-0.4, -0.2) is 29.8 Å². The number of carbonyl (C=O) groups excluding carboxylic acids is 1. The van der Waals surface area contributed by atoms with Gasteiger partial charge in [-0.25, -0.2) is 9.18 Å². The molecule has 1 fully saturated rings. The highest BCUT2D eigenvalue weighted by molar-refractivity contribution is 5.75. The standard InChI is InChI=1S/C14H19FN2O2/c1-9(6-7-18)16-14(19)17-13-8-11(13)10-4-2-3-5-12(10)15/h2-5,9,11,13,18H,6-8H2,1H3,(H2,16,17,19)/t9-,11?,13?/m1/s1. The SMILES string of the molecule is C[C@H](CCO)NC(=O)NC1CC1c1ccccc1F. The zero-order valence-corrected chi connectivity index (χ0v) is 10.9. The van der Waals surface area contributed by atoms with E-state index in [1.54, 1.807) is 18.2 Å². The fraction of sp³-hybridized carbons (Fsp3) is 0.500. The molecule has 104 valence electrons.